The summed E-state index contributed by atoms with van der Waals surface area (Å²) in [7, 11) is 0. The van der Waals surface area contributed by atoms with Gasteiger partial charge in [0.15, 0.2) is 0 Å². The van der Waals surface area contributed by atoms with Crippen LogP contribution < -0.4 is 0 Å². The standard InChI is InChI=1S/C12H15BrO2S/c1-12(2,3)15-11(14)8-16-10-6-4-9(13)5-7-10/h4-7H,8H2,1-3H3. The van der Waals surface area contributed by atoms with E-state index in [9.17, 15) is 4.79 Å². The fraction of sp³-hybridized carbons (Fsp3) is 0.417. The lowest BCUT2D eigenvalue weighted by atomic mass is 10.2. The van der Waals surface area contributed by atoms with E-state index >= 15 is 0 Å². The monoisotopic (exact) mass is 302 g/mol. The fourth-order valence-electron chi connectivity index (χ4n) is 1.04. The number of hydrogen-bond acceptors (Lipinski definition) is 3. The first-order valence-electron chi connectivity index (χ1n) is 4.97. The maximum absolute atomic E-state index is 11.4. The van der Waals surface area contributed by atoms with Crippen LogP contribution in [0.15, 0.2) is 33.6 Å². The molecule has 0 bridgehead atoms. The molecule has 0 aliphatic carbocycles. The van der Waals surface area contributed by atoms with Crippen LogP contribution in [0.3, 0.4) is 0 Å². The third-order valence-electron chi connectivity index (χ3n) is 1.59. The highest BCUT2D eigenvalue weighted by Gasteiger charge is 2.15. The highest BCUT2D eigenvalue weighted by atomic mass is 79.9. The highest BCUT2D eigenvalue weighted by molar-refractivity contribution is 9.10. The minimum atomic E-state index is -0.405. The van der Waals surface area contributed by atoms with Crippen LogP contribution in [-0.2, 0) is 9.53 Å². The molecule has 0 atom stereocenters. The van der Waals surface area contributed by atoms with E-state index in [-0.39, 0.29) is 5.97 Å². The molecule has 0 aromatic heterocycles. The maximum atomic E-state index is 11.4. The molecule has 0 aliphatic rings. The Morgan fingerprint density at radius 3 is 2.38 bits per heavy atom. The predicted octanol–water partition coefficient (Wildman–Crippen LogP) is 3.88. The lowest BCUT2D eigenvalue weighted by molar-refractivity contribution is -0.151. The van der Waals surface area contributed by atoms with Crippen molar-refractivity contribution >= 4 is 33.7 Å². The second-order valence-electron chi connectivity index (χ2n) is 4.33. The molecule has 16 heavy (non-hydrogen) atoms. The van der Waals surface area contributed by atoms with Crippen molar-refractivity contribution in [2.45, 2.75) is 31.3 Å². The third-order valence-corrected chi connectivity index (χ3v) is 3.10. The minimum Gasteiger partial charge on any atom is -0.459 e. The van der Waals surface area contributed by atoms with Crippen molar-refractivity contribution in [2.24, 2.45) is 0 Å². The first-order valence-corrected chi connectivity index (χ1v) is 6.75. The van der Waals surface area contributed by atoms with Gasteiger partial charge in [-0.15, -0.1) is 11.8 Å². The summed E-state index contributed by atoms with van der Waals surface area (Å²) in [5.41, 5.74) is -0.405. The molecule has 0 amide bonds. The first-order chi connectivity index (χ1) is 7.37. The van der Waals surface area contributed by atoms with Crippen LogP contribution in [-0.4, -0.2) is 17.3 Å². The molecule has 2 nitrogen and oxygen atoms in total. The van der Waals surface area contributed by atoms with Gasteiger partial charge < -0.3 is 4.74 Å². The van der Waals surface area contributed by atoms with Crippen LogP contribution in [0, 0.1) is 0 Å². The molecule has 0 saturated carbocycles. The third kappa shape index (κ3) is 5.56. The van der Waals surface area contributed by atoms with Gasteiger partial charge in [-0.2, -0.15) is 0 Å². The molecule has 0 saturated heterocycles. The Balaban J connectivity index is 2.40. The largest absolute Gasteiger partial charge is 0.459 e. The van der Waals surface area contributed by atoms with Gasteiger partial charge in [0.2, 0.25) is 0 Å². The summed E-state index contributed by atoms with van der Waals surface area (Å²) in [6.45, 7) is 5.61. The van der Waals surface area contributed by atoms with Crippen LogP contribution >= 0.6 is 27.7 Å². The van der Waals surface area contributed by atoms with E-state index in [4.69, 9.17) is 4.74 Å². The van der Waals surface area contributed by atoms with Gasteiger partial charge in [0.25, 0.3) is 0 Å². The average molecular weight is 303 g/mol. The van der Waals surface area contributed by atoms with Crippen molar-refractivity contribution in [1.29, 1.82) is 0 Å². The Bertz CT molecular complexity index is 354. The molecular formula is C12H15BrO2S. The van der Waals surface area contributed by atoms with Crippen molar-refractivity contribution in [3.05, 3.63) is 28.7 Å². The van der Waals surface area contributed by atoms with Gasteiger partial charge in [-0.25, -0.2) is 0 Å². The molecule has 88 valence electrons. The zero-order valence-electron chi connectivity index (χ0n) is 9.62. The summed E-state index contributed by atoms with van der Waals surface area (Å²) in [6, 6.07) is 7.85. The molecular weight excluding hydrogens is 288 g/mol. The number of rotatable bonds is 3. The normalized spacial score (nSPS) is 11.2. The second-order valence-corrected chi connectivity index (χ2v) is 6.29. The molecule has 0 radical (unpaired) electrons. The van der Waals surface area contributed by atoms with Gasteiger partial charge in [-0.3, -0.25) is 4.79 Å². The van der Waals surface area contributed by atoms with E-state index in [0.717, 1.165) is 9.37 Å². The second kappa shape index (κ2) is 5.73. The fourth-order valence-corrected chi connectivity index (χ4v) is 1.98. The Morgan fingerprint density at radius 2 is 1.88 bits per heavy atom. The Labute approximate surface area is 109 Å². The van der Waals surface area contributed by atoms with Crippen molar-refractivity contribution in [1.82, 2.24) is 0 Å². The van der Waals surface area contributed by atoms with Crippen molar-refractivity contribution in [3.63, 3.8) is 0 Å². The smallest absolute Gasteiger partial charge is 0.316 e. The number of carbonyl (C=O) groups excluding carboxylic acids is 1. The highest BCUT2D eigenvalue weighted by Crippen LogP contribution is 2.21. The van der Waals surface area contributed by atoms with E-state index < -0.39 is 5.60 Å². The van der Waals surface area contributed by atoms with Crippen LogP contribution in [0.4, 0.5) is 0 Å². The number of hydrogen-bond donors (Lipinski definition) is 0. The van der Waals surface area contributed by atoms with E-state index in [1.807, 2.05) is 45.0 Å². The van der Waals surface area contributed by atoms with E-state index in [2.05, 4.69) is 15.9 Å². The van der Waals surface area contributed by atoms with Crippen LogP contribution in [0.1, 0.15) is 20.8 Å². The number of esters is 1. The minimum absolute atomic E-state index is 0.180. The van der Waals surface area contributed by atoms with Gasteiger partial charge in [0.05, 0.1) is 5.75 Å². The summed E-state index contributed by atoms with van der Waals surface area (Å²) < 4.78 is 6.25. The van der Waals surface area contributed by atoms with Crippen molar-refractivity contribution in [2.75, 3.05) is 5.75 Å². The summed E-state index contributed by atoms with van der Waals surface area (Å²) >= 11 is 4.85. The molecule has 1 rings (SSSR count). The molecule has 0 aliphatic heterocycles. The number of carbonyl (C=O) groups is 1. The number of thioether (sulfide) groups is 1. The summed E-state index contributed by atoms with van der Waals surface area (Å²) in [6.07, 6.45) is 0. The van der Waals surface area contributed by atoms with Gasteiger partial charge in [-0.05, 0) is 45.0 Å². The molecule has 0 fully saturated rings. The lowest BCUT2D eigenvalue weighted by Gasteiger charge is -2.19. The van der Waals surface area contributed by atoms with Gasteiger partial charge in [0.1, 0.15) is 5.60 Å². The van der Waals surface area contributed by atoms with Crippen molar-refractivity contribution < 1.29 is 9.53 Å². The van der Waals surface area contributed by atoms with Crippen LogP contribution in [0.2, 0.25) is 0 Å². The van der Waals surface area contributed by atoms with Crippen LogP contribution in [0.5, 0.6) is 0 Å². The predicted molar refractivity (Wildman–Crippen MR) is 70.7 cm³/mol. The Morgan fingerprint density at radius 1 is 1.31 bits per heavy atom. The molecule has 1 aromatic carbocycles. The first kappa shape index (κ1) is 13.6. The molecule has 0 N–H and O–H groups in total. The van der Waals surface area contributed by atoms with Crippen LogP contribution in [0.25, 0.3) is 0 Å². The summed E-state index contributed by atoms with van der Waals surface area (Å²) in [5, 5.41) is 0. The SMILES string of the molecule is CC(C)(C)OC(=O)CSc1ccc(Br)cc1. The maximum Gasteiger partial charge on any atom is 0.316 e. The quantitative estimate of drug-likeness (QED) is 0.626. The Hall–Kier alpha value is -0.480. The summed E-state index contributed by atoms with van der Waals surface area (Å²) in [5.74, 6) is 0.166. The summed E-state index contributed by atoms with van der Waals surface area (Å²) in [4.78, 5) is 12.5. The van der Waals surface area contributed by atoms with E-state index in [1.54, 1.807) is 0 Å². The Kier molecular flexibility index (Phi) is 4.87. The lowest BCUT2D eigenvalue weighted by Crippen LogP contribution is -2.24. The zero-order chi connectivity index (χ0) is 12.2. The number of ether oxygens (including phenoxy) is 1. The van der Waals surface area contributed by atoms with Crippen molar-refractivity contribution in [3.8, 4) is 0 Å². The van der Waals surface area contributed by atoms with Gasteiger partial charge in [-0.1, -0.05) is 15.9 Å². The molecule has 0 spiro atoms. The molecule has 0 heterocycles. The van der Waals surface area contributed by atoms with Gasteiger partial charge in [0, 0.05) is 9.37 Å². The molecule has 1 aromatic rings. The molecule has 0 unspecified atom stereocenters. The topological polar surface area (TPSA) is 26.3 Å². The van der Waals surface area contributed by atoms with Gasteiger partial charge >= 0.3 is 5.97 Å². The van der Waals surface area contributed by atoms with E-state index in [0.29, 0.717) is 5.75 Å². The van der Waals surface area contributed by atoms with E-state index in [1.165, 1.54) is 11.8 Å². The number of halogens is 1. The zero-order valence-corrected chi connectivity index (χ0v) is 12.0. The molecule has 4 heteroatoms. The number of benzene rings is 1. The average Bonchev–Trinajstić information content (AvgIpc) is 2.14.